The van der Waals surface area contributed by atoms with Crippen molar-refractivity contribution in [2.45, 2.75) is 50.7 Å². The Morgan fingerprint density at radius 1 is 1.14 bits per heavy atom. The summed E-state index contributed by atoms with van der Waals surface area (Å²) in [6.07, 6.45) is 5.30. The van der Waals surface area contributed by atoms with Crippen molar-refractivity contribution in [1.82, 2.24) is 4.90 Å². The van der Waals surface area contributed by atoms with Crippen LogP contribution in [0.4, 0.5) is 0 Å². The number of ether oxygens (including phenoxy) is 1. The van der Waals surface area contributed by atoms with E-state index in [0.29, 0.717) is 29.8 Å². The molecule has 3 unspecified atom stereocenters. The van der Waals surface area contributed by atoms with Crippen LogP contribution >= 0.6 is 0 Å². The Balaban J connectivity index is 1.51. The first-order chi connectivity index (χ1) is 13.6. The van der Waals surface area contributed by atoms with E-state index in [1.54, 1.807) is 12.1 Å². The van der Waals surface area contributed by atoms with Crippen LogP contribution in [0.1, 0.15) is 48.2 Å². The fraction of sp³-hybridized carbons (Fsp3) is 0.455. The molecule has 0 spiro atoms. The molecule has 6 nitrogen and oxygen atoms in total. The molecule has 148 valence electrons. The average Bonchev–Trinajstić information content (AvgIpc) is 3.33. The van der Waals surface area contributed by atoms with Crippen molar-refractivity contribution < 1.29 is 23.8 Å². The topological polar surface area (TPSA) is 80.0 Å². The smallest absolute Gasteiger partial charge is 0.337 e. The van der Waals surface area contributed by atoms with Crippen LogP contribution in [0.15, 0.2) is 40.8 Å². The Kier molecular flexibility index (Phi) is 5.22. The molecule has 0 bridgehead atoms. The highest BCUT2D eigenvalue weighted by molar-refractivity contribution is 5.89. The van der Waals surface area contributed by atoms with E-state index in [2.05, 4.69) is 4.90 Å². The maximum absolute atomic E-state index is 11.8. The molecular weight excluding hydrogens is 358 g/mol. The molecule has 1 saturated heterocycles. The predicted molar refractivity (Wildman–Crippen MR) is 103 cm³/mol. The monoisotopic (exact) mass is 383 g/mol. The molecule has 2 fully saturated rings. The third-order valence-electron chi connectivity index (χ3n) is 6.10. The van der Waals surface area contributed by atoms with Gasteiger partial charge >= 0.3 is 11.9 Å². The normalized spacial score (nSPS) is 24.7. The fourth-order valence-corrected chi connectivity index (χ4v) is 4.71. The third kappa shape index (κ3) is 3.56. The number of carbonyl (C=O) groups excluding carboxylic acids is 1. The zero-order valence-corrected chi connectivity index (χ0v) is 16.0. The number of rotatable bonds is 5. The standard InChI is InChI=1S/C22H25NO5/c1-27-22(26)15-8-6-14(7-9-15)20-11-10-17(28-20)13-23-18-5-3-2-4-16(18)12-19(23)21(24)25/h6-11,16,18-19H,2-5,12-13H2,1H3,(H,24,25). The summed E-state index contributed by atoms with van der Waals surface area (Å²) >= 11 is 0. The van der Waals surface area contributed by atoms with E-state index in [0.717, 1.165) is 30.6 Å². The average molecular weight is 383 g/mol. The molecule has 1 aliphatic heterocycles. The number of benzene rings is 1. The molecule has 1 aromatic heterocycles. The molecule has 1 aliphatic carbocycles. The minimum absolute atomic E-state index is 0.336. The second kappa shape index (κ2) is 7.80. The lowest BCUT2D eigenvalue weighted by molar-refractivity contribution is -0.143. The molecule has 2 aromatic rings. The molecule has 1 saturated carbocycles. The van der Waals surface area contributed by atoms with Gasteiger partial charge in [-0.3, -0.25) is 9.69 Å². The van der Waals surface area contributed by atoms with Crippen molar-refractivity contribution in [2.75, 3.05) is 7.11 Å². The maximum Gasteiger partial charge on any atom is 0.337 e. The number of carboxylic acid groups (broad SMARTS) is 1. The SMILES string of the molecule is COC(=O)c1ccc(-c2ccc(CN3C(C(=O)O)CC4CCCCC43)o2)cc1. The molecule has 1 N–H and O–H groups in total. The van der Waals surface area contributed by atoms with E-state index in [9.17, 15) is 14.7 Å². The van der Waals surface area contributed by atoms with Gasteiger partial charge in [-0.2, -0.15) is 0 Å². The van der Waals surface area contributed by atoms with Crippen LogP contribution in [0.25, 0.3) is 11.3 Å². The number of carbonyl (C=O) groups is 2. The minimum Gasteiger partial charge on any atom is -0.480 e. The van der Waals surface area contributed by atoms with Crippen LogP contribution in [0.3, 0.4) is 0 Å². The van der Waals surface area contributed by atoms with Crippen LogP contribution in [0.2, 0.25) is 0 Å². The Morgan fingerprint density at radius 3 is 2.61 bits per heavy atom. The van der Waals surface area contributed by atoms with Gasteiger partial charge in [0.25, 0.3) is 0 Å². The number of esters is 1. The summed E-state index contributed by atoms with van der Waals surface area (Å²) in [6, 6.07) is 10.8. The molecule has 6 heteroatoms. The Labute approximate surface area is 164 Å². The summed E-state index contributed by atoms with van der Waals surface area (Å²) in [6.45, 7) is 0.512. The molecule has 2 heterocycles. The molecular formula is C22H25NO5. The third-order valence-corrected chi connectivity index (χ3v) is 6.10. The van der Waals surface area contributed by atoms with E-state index < -0.39 is 12.0 Å². The van der Waals surface area contributed by atoms with Gasteiger partial charge in [0, 0.05) is 11.6 Å². The van der Waals surface area contributed by atoms with Gasteiger partial charge in [0.15, 0.2) is 0 Å². The second-order valence-corrected chi connectivity index (χ2v) is 7.71. The Bertz CT molecular complexity index is 856. The minimum atomic E-state index is -0.737. The molecule has 28 heavy (non-hydrogen) atoms. The van der Waals surface area contributed by atoms with Gasteiger partial charge in [-0.25, -0.2) is 4.79 Å². The van der Waals surface area contributed by atoms with E-state index in [1.165, 1.54) is 20.0 Å². The van der Waals surface area contributed by atoms with Gasteiger partial charge in [-0.05, 0) is 49.4 Å². The maximum atomic E-state index is 11.8. The van der Waals surface area contributed by atoms with Gasteiger partial charge in [-0.1, -0.05) is 25.0 Å². The van der Waals surface area contributed by atoms with Crippen molar-refractivity contribution in [3.05, 3.63) is 47.7 Å². The highest BCUT2D eigenvalue weighted by Gasteiger charge is 2.45. The van der Waals surface area contributed by atoms with Crippen molar-refractivity contribution in [3.8, 4) is 11.3 Å². The van der Waals surface area contributed by atoms with Gasteiger partial charge in [-0.15, -0.1) is 0 Å². The highest BCUT2D eigenvalue weighted by atomic mass is 16.5. The summed E-state index contributed by atoms with van der Waals surface area (Å²) in [5.74, 6) is 0.847. The van der Waals surface area contributed by atoms with Crippen molar-refractivity contribution in [2.24, 2.45) is 5.92 Å². The zero-order valence-electron chi connectivity index (χ0n) is 16.0. The number of likely N-dealkylation sites (tertiary alicyclic amines) is 1. The second-order valence-electron chi connectivity index (χ2n) is 7.71. The largest absolute Gasteiger partial charge is 0.480 e. The lowest BCUT2D eigenvalue weighted by atomic mass is 9.85. The highest BCUT2D eigenvalue weighted by Crippen LogP contribution is 2.40. The first kappa shape index (κ1) is 18.7. The predicted octanol–water partition coefficient (Wildman–Crippen LogP) is 3.95. The quantitative estimate of drug-likeness (QED) is 0.788. The number of nitrogens with zero attached hydrogens (tertiary/aromatic N) is 1. The lowest BCUT2D eigenvalue weighted by Crippen LogP contribution is -2.41. The molecule has 0 radical (unpaired) electrons. The first-order valence-electron chi connectivity index (χ1n) is 9.83. The summed E-state index contributed by atoms with van der Waals surface area (Å²) in [4.78, 5) is 25.5. The van der Waals surface area contributed by atoms with Crippen molar-refractivity contribution in [3.63, 3.8) is 0 Å². The number of aliphatic carboxylic acids is 1. The van der Waals surface area contributed by atoms with Gasteiger partial charge in [0.2, 0.25) is 0 Å². The van der Waals surface area contributed by atoms with Crippen LogP contribution in [-0.2, 0) is 16.1 Å². The van der Waals surface area contributed by atoms with Crippen molar-refractivity contribution in [1.29, 1.82) is 0 Å². The first-order valence-corrected chi connectivity index (χ1v) is 9.83. The Hall–Kier alpha value is -2.60. The van der Waals surface area contributed by atoms with Gasteiger partial charge < -0.3 is 14.3 Å². The number of hydrogen-bond acceptors (Lipinski definition) is 5. The molecule has 1 aromatic carbocycles. The summed E-state index contributed by atoms with van der Waals surface area (Å²) in [5, 5.41) is 9.67. The zero-order chi connectivity index (χ0) is 19.7. The van der Waals surface area contributed by atoms with E-state index in [1.807, 2.05) is 24.3 Å². The van der Waals surface area contributed by atoms with E-state index in [4.69, 9.17) is 9.15 Å². The molecule has 4 rings (SSSR count). The number of hydrogen-bond donors (Lipinski definition) is 1. The van der Waals surface area contributed by atoms with E-state index >= 15 is 0 Å². The summed E-state index contributed by atoms with van der Waals surface area (Å²) in [7, 11) is 1.36. The Morgan fingerprint density at radius 2 is 1.89 bits per heavy atom. The summed E-state index contributed by atoms with van der Waals surface area (Å²) < 4.78 is 10.7. The van der Waals surface area contributed by atoms with Crippen LogP contribution in [-0.4, -0.2) is 41.1 Å². The molecule has 3 atom stereocenters. The van der Waals surface area contributed by atoms with Crippen LogP contribution in [0, 0.1) is 5.92 Å². The fourth-order valence-electron chi connectivity index (χ4n) is 4.71. The van der Waals surface area contributed by atoms with Crippen molar-refractivity contribution >= 4 is 11.9 Å². The number of furan rings is 1. The molecule has 0 amide bonds. The van der Waals surface area contributed by atoms with E-state index in [-0.39, 0.29) is 5.97 Å². The van der Waals surface area contributed by atoms with Gasteiger partial charge in [0.05, 0.1) is 19.2 Å². The number of methoxy groups -OCH3 is 1. The molecule has 2 aliphatic rings. The summed E-state index contributed by atoms with van der Waals surface area (Å²) in [5.41, 5.74) is 1.35. The lowest BCUT2D eigenvalue weighted by Gasteiger charge is -2.32. The number of carboxylic acids is 1. The van der Waals surface area contributed by atoms with Crippen LogP contribution < -0.4 is 0 Å². The number of fused-ring (bicyclic) bond motifs is 1. The van der Waals surface area contributed by atoms with Gasteiger partial charge in [0.1, 0.15) is 17.6 Å². The van der Waals surface area contributed by atoms with Crippen LogP contribution in [0.5, 0.6) is 0 Å².